The van der Waals surface area contributed by atoms with Gasteiger partial charge in [0, 0.05) is 5.56 Å². The molecule has 0 aliphatic carbocycles. The van der Waals surface area contributed by atoms with Crippen LogP contribution in [0.5, 0.6) is 0 Å². The van der Waals surface area contributed by atoms with Crippen molar-refractivity contribution in [3.8, 4) is 11.1 Å². The Bertz CT molecular complexity index is 825. The lowest BCUT2D eigenvalue weighted by atomic mass is 10.0. The second kappa shape index (κ2) is 3.63. The minimum atomic E-state index is -0.247. The molecule has 0 radical (unpaired) electrons. The summed E-state index contributed by atoms with van der Waals surface area (Å²) >= 11 is 0. The van der Waals surface area contributed by atoms with Gasteiger partial charge in [0.25, 0.3) is 5.56 Å². The molecule has 90 valence electrons. The summed E-state index contributed by atoms with van der Waals surface area (Å²) in [4.78, 5) is 11.8. The summed E-state index contributed by atoms with van der Waals surface area (Å²) in [6.45, 7) is 0. The summed E-state index contributed by atoms with van der Waals surface area (Å²) < 4.78 is 1.14. The molecule has 0 atom stereocenters. The second-order valence-electron chi connectivity index (χ2n) is 3.98. The van der Waals surface area contributed by atoms with Gasteiger partial charge >= 0.3 is 0 Å². The Balaban J connectivity index is 2.51. The monoisotopic (exact) mass is 241 g/mol. The van der Waals surface area contributed by atoms with Gasteiger partial charge in [-0.25, -0.2) is 4.68 Å². The number of aromatic amines is 2. The van der Waals surface area contributed by atoms with Crippen molar-refractivity contribution in [2.45, 2.75) is 0 Å². The molecule has 0 aliphatic rings. The summed E-state index contributed by atoms with van der Waals surface area (Å²) in [5.74, 6) is 5.72. The van der Waals surface area contributed by atoms with Crippen LogP contribution in [0, 0.1) is 5.41 Å². The van der Waals surface area contributed by atoms with Crippen molar-refractivity contribution in [1.29, 1.82) is 5.41 Å². The standard InChI is InChI=1S/C12H11N5O/c13-9-6-8(7-4-2-1-3-5-7)10-11(17(9)14)15-16-12(10)18/h1-6,13H,14H2,(H2,15,16,18). The first-order valence-corrected chi connectivity index (χ1v) is 5.40. The fraction of sp³-hybridized carbons (Fsp3) is 0. The summed E-state index contributed by atoms with van der Waals surface area (Å²) in [5.41, 5.74) is 1.85. The third-order valence-corrected chi connectivity index (χ3v) is 2.89. The molecular formula is C12H11N5O. The van der Waals surface area contributed by atoms with Crippen LogP contribution in [0.1, 0.15) is 0 Å². The van der Waals surface area contributed by atoms with Gasteiger partial charge in [-0.2, -0.15) is 0 Å². The Morgan fingerprint density at radius 2 is 1.89 bits per heavy atom. The summed E-state index contributed by atoms with van der Waals surface area (Å²) in [5, 5.41) is 13.4. The first-order valence-electron chi connectivity index (χ1n) is 5.40. The molecule has 3 aromatic rings. The number of H-pyrrole nitrogens is 2. The van der Waals surface area contributed by atoms with Crippen LogP contribution in [0.25, 0.3) is 22.2 Å². The lowest BCUT2D eigenvalue weighted by Crippen LogP contribution is -2.27. The highest BCUT2D eigenvalue weighted by molar-refractivity contribution is 5.92. The summed E-state index contributed by atoms with van der Waals surface area (Å²) in [7, 11) is 0. The lowest BCUT2D eigenvalue weighted by Gasteiger charge is -2.06. The molecule has 2 heterocycles. The van der Waals surface area contributed by atoms with Crippen LogP contribution < -0.4 is 16.9 Å². The third-order valence-electron chi connectivity index (χ3n) is 2.89. The van der Waals surface area contributed by atoms with E-state index in [1.807, 2.05) is 30.3 Å². The van der Waals surface area contributed by atoms with E-state index in [2.05, 4.69) is 10.2 Å². The van der Waals surface area contributed by atoms with Crippen molar-refractivity contribution >= 4 is 11.0 Å². The van der Waals surface area contributed by atoms with Gasteiger partial charge in [0.05, 0.1) is 5.39 Å². The SMILES string of the molecule is N=c1cc(-c2ccccc2)c2c(=O)[nH][nH]c2n1N. The zero-order chi connectivity index (χ0) is 12.7. The quantitative estimate of drug-likeness (QED) is 0.466. The van der Waals surface area contributed by atoms with Crippen LogP contribution in [0.4, 0.5) is 0 Å². The van der Waals surface area contributed by atoms with Crippen LogP contribution >= 0.6 is 0 Å². The van der Waals surface area contributed by atoms with Crippen molar-refractivity contribution in [3.05, 3.63) is 52.2 Å². The van der Waals surface area contributed by atoms with Gasteiger partial charge in [-0.3, -0.25) is 20.4 Å². The second-order valence-corrected chi connectivity index (χ2v) is 3.98. The molecule has 0 fully saturated rings. The predicted molar refractivity (Wildman–Crippen MR) is 68.4 cm³/mol. The van der Waals surface area contributed by atoms with Crippen molar-refractivity contribution in [1.82, 2.24) is 14.9 Å². The number of rotatable bonds is 1. The van der Waals surface area contributed by atoms with Crippen molar-refractivity contribution in [2.75, 3.05) is 5.84 Å². The normalized spacial score (nSPS) is 10.9. The molecule has 2 aromatic heterocycles. The lowest BCUT2D eigenvalue weighted by molar-refractivity contribution is 0.896. The topological polar surface area (TPSA) is 103 Å². The number of nitrogens with one attached hydrogen (secondary N) is 3. The summed E-state index contributed by atoms with van der Waals surface area (Å²) in [6.07, 6.45) is 0. The number of nitrogen functional groups attached to an aromatic ring is 1. The number of aromatic nitrogens is 3. The molecule has 0 saturated carbocycles. The maximum atomic E-state index is 11.8. The zero-order valence-corrected chi connectivity index (χ0v) is 9.40. The first-order chi connectivity index (χ1) is 8.68. The molecule has 0 saturated heterocycles. The Morgan fingerprint density at radius 1 is 1.17 bits per heavy atom. The van der Waals surface area contributed by atoms with E-state index >= 15 is 0 Å². The van der Waals surface area contributed by atoms with Gasteiger partial charge in [-0.05, 0) is 11.6 Å². The maximum absolute atomic E-state index is 11.8. The molecule has 3 rings (SSSR count). The van der Waals surface area contributed by atoms with E-state index in [0.29, 0.717) is 16.6 Å². The molecular weight excluding hydrogens is 230 g/mol. The number of pyridine rings is 1. The number of benzene rings is 1. The third kappa shape index (κ3) is 1.36. The highest BCUT2D eigenvalue weighted by Gasteiger charge is 2.12. The van der Waals surface area contributed by atoms with Crippen molar-refractivity contribution in [2.24, 2.45) is 0 Å². The molecule has 0 unspecified atom stereocenters. The zero-order valence-electron chi connectivity index (χ0n) is 9.40. The Morgan fingerprint density at radius 3 is 2.61 bits per heavy atom. The summed E-state index contributed by atoms with van der Waals surface area (Å²) in [6, 6.07) is 11.0. The van der Waals surface area contributed by atoms with Gasteiger partial charge in [0.2, 0.25) is 0 Å². The molecule has 6 nitrogen and oxygen atoms in total. The number of nitrogens with two attached hydrogens (primary N) is 1. The number of hydrogen-bond donors (Lipinski definition) is 4. The van der Waals surface area contributed by atoms with Crippen LogP contribution in [-0.2, 0) is 0 Å². The molecule has 0 spiro atoms. The number of nitrogens with zero attached hydrogens (tertiary/aromatic N) is 1. The van der Waals surface area contributed by atoms with E-state index in [4.69, 9.17) is 11.3 Å². The molecule has 1 aromatic carbocycles. The van der Waals surface area contributed by atoms with E-state index in [9.17, 15) is 4.79 Å². The Hall–Kier alpha value is -2.76. The Kier molecular flexibility index (Phi) is 2.09. The smallest absolute Gasteiger partial charge is 0.274 e. The fourth-order valence-corrected chi connectivity index (χ4v) is 2.02. The van der Waals surface area contributed by atoms with E-state index in [-0.39, 0.29) is 11.0 Å². The average molecular weight is 241 g/mol. The maximum Gasteiger partial charge on any atom is 0.274 e. The molecule has 0 amide bonds. The fourth-order valence-electron chi connectivity index (χ4n) is 2.02. The molecule has 18 heavy (non-hydrogen) atoms. The minimum absolute atomic E-state index is 0.122. The van der Waals surface area contributed by atoms with Crippen LogP contribution in [0.3, 0.4) is 0 Å². The van der Waals surface area contributed by atoms with Crippen LogP contribution in [0.2, 0.25) is 0 Å². The highest BCUT2D eigenvalue weighted by Crippen LogP contribution is 2.22. The predicted octanol–water partition coefficient (Wildman–Crippen LogP) is 0.518. The average Bonchev–Trinajstić information content (AvgIpc) is 2.77. The molecule has 0 bridgehead atoms. The van der Waals surface area contributed by atoms with E-state index < -0.39 is 0 Å². The molecule has 0 aliphatic heterocycles. The van der Waals surface area contributed by atoms with Crippen molar-refractivity contribution < 1.29 is 0 Å². The van der Waals surface area contributed by atoms with Gasteiger partial charge in [-0.15, -0.1) is 0 Å². The van der Waals surface area contributed by atoms with E-state index in [1.54, 1.807) is 6.07 Å². The largest absolute Gasteiger partial charge is 0.336 e. The highest BCUT2D eigenvalue weighted by atomic mass is 16.1. The van der Waals surface area contributed by atoms with Gasteiger partial charge in [-0.1, -0.05) is 30.3 Å². The van der Waals surface area contributed by atoms with Gasteiger partial charge in [0.1, 0.15) is 5.49 Å². The number of fused-ring (bicyclic) bond motifs is 1. The molecule has 5 N–H and O–H groups in total. The van der Waals surface area contributed by atoms with Crippen LogP contribution in [0.15, 0.2) is 41.2 Å². The van der Waals surface area contributed by atoms with Crippen molar-refractivity contribution in [3.63, 3.8) is 0 Å². The van der Waals surface area contributed by atoms with E-state index in [0.717, 1.165) is 10.2 Å². The first kappa shape index (κ1) is 10.4. The Labute approximate surface area is 101 Å². The molecule has 6 heteroatoms. The van der Waals surface area contributed by atoms with Gasteiger partial charge in [0.15, 0.2) is 5.65 Å². The van der Waals surface area contributed by atoms with Gasteiger partial charge < -0.3 is 5.84 Å². The number of hydrogen-bond acceptors (Lipinski definition) is 3. The minimum Gasteiger partial charge on any atom is -0.336 e. The van der Waals surface area contributed by atoms with Crippen LogP contribution in [-0.4, -0.2) is 14.9 Å². The van der Waals surface area contributed by atoms with E-state index in [1.165, 1.54) is 0 Å².